The van der Waals surface area contributed by atoms with Crippen LogP contribution in [-0.4, -0.2) is 29.4 Å². The minimum absolute atomic E-state index is 0.102. The highest BCUT2D eigenvalue weighted by atomic mass is 32.2. The number of hydrogen-bond acceptors (Lipinski definition) is 4. The van der Waals surface area contributed by atoms with Crippen molar-refractivity contribution in [1.82, 2.24) is 0 Å². The minimum Gasteiger partial charge on any atom is -0.462 e. The van der Waals surface area contributed by atoms with Crippen molar-refractivity contribution in [3.63, 3.8) is 0 Å². The summed E-state index contributed by atoms with van der Waals surface area (Å²) in [4.78, 5) is 11.5. The summed E-state index contributed by atoms with van der Waals surface area (Å²) in [6.45, 7) is 7.56. The van der Waals surface area contributed by atoms with Gasteiger partial charge in [-0.2, -0.15) is 0 Å². The fraction of sp³-hybridized carbons (Fsp3) is 0.870. The van der Waals surface area contributed by atoms with E-state index in [9.17, 15) is 4.79 Å². The molecule has 1 heterocycles. The molecule has 150 valence electrons. The Morgan fingerprint density at radius 2 is 2.00 bits per heavy atom. The van der Waals surface area contributed by atoms with E-state index in [-0.39, 0.29) is 17.0 Å². The molecule has 3 saturated carbocycles. The zero-order valence-corrected chi connectivity index (χ0v) is 17.9. The largest absolute Gasteiger partial charge is 0.462 e. The van der Waals surface area contributed by atoms with Crippen molar-refractivity contribution in [2.45, 2.75) is 83.2 Å². The van der Waals surface area contributed by atoms with E-state index in [0.29, 0.717) is 10.8 Å². The van der Waals surface area contributed by atoms with E-state index < -0.39 is 0 Å². The maximum atomic E-state index is 11.4. The van der Waals surface area contributed by atoms with Crippen LogP contribution in [0.4, 0.5) is 0 Å². The lowest BCUT2D eigenvalue weighted by atomic mass is 9.48. The van der Waals surface area contributed by atoms with Crippen LogP contribution in [-0.2, 0) is 14.3 Å². The molecule has 7 atom stereocenters. The average Bonchev–Trinajstić information content (AvgIpc) is 3.21. The van der Waals surface area contributed by atoms with Gasteiger partial charge in [0, 0.05) is 24.5 Å². The van der Waals surface area contributed by atoms with Crippen LogP contribution in [0.5, 0.6) is 0 Å². The maximum Gasteiger partial charge on any atom is 0.302 e. The lowest BCUT2D eigenvalue weighted by molar-refractivity contribution is -0.149. The molecular weight excluding hydrogens is 356 g/mol. The molecule has 0 aromatic heterocycles. The number of allylic oxidation sites excluding steroid dienone is 1. The Balaban J connectivity index is 1.41. The Morgan fingerprint density at radius 1 is 1.19 bits per heavy atom. The quantitative estimate of drug-likeness (QED) is 0.447. The normalized spacial score (nSPS) is 51.3. The summed E-state index contributed by atoms with van der Waals surface area (Å²) >= 11 is 2.12. The van der Waals surface area contributed by atoms with Gasteiger partial charge in [0.15, 0.2) is 0 Å². The van der Waals surface area contributed by atoms with Crippen LogP contribution >= 0.6 is 11.8 Å². The molecule has 4 heteroatoms. The van der Waals surface area contributed by atoms with E-state index in [4.69, 9.17) is 9.47 Å². The van der Waals surface area contributed by atoms with E-state index >= 15 is 0 Å². The third kappa shape index (κ3) is 2.54. The monoisotopic (exact) mass is 390 g/mol. The van der Waals surface area contributed by atoms with E-state index in [1.54, 1.807) is 12.5 Å². The highest BCUT2D eigenvalue weighted by molar-refractivity contribution is 8.00. The first-order valence-corrected chi connectivity index (χ1v) is 12.0. The number of fused-ring (bicyclic) bond motifs is 6. The molecule has 0 aromatic rings. The van der Waals surface area contributed by atoms with Gasteiger partial charge in [-0.3, -0.25) is 4.79 Å². The highest BCUT2D eigenvalue weighted by Gasteiger charge is 2.65. The number of hydrogen-bond donors (Lipinski definition) is 0. The molecule has 0 radical (unpaired) electrons. The number of thioether (sulfide) groups is 1. The molecule has 0 N–H and O–H groups in total. The number of carbonyl (C=O) groups is 1. The molecule has 0 bridgehead atoms. The Morgan fingerprint density at radius 3 is 2.74 bits per heavy atom. The highest BCUT2D eigenvalue weighted by Crippen LogP contribution is 2.70. The molecule has 1 spiro atoms. The molecule has 27 heavy (non-hydrogen) atoms. The minimum atomic E-state index is -0.128. The Hall–Kier alpha value is -0.480. The van der Waals surface area contributed by atoms with Gasteiger partial charge in [-0.1, -0.05) is 25.5 Å². The summed E-state index contributed by atoms with van der Waals surface area (Å²) in [5.41, 5.74) is 2.26. The first-order valence-electron chi connectivity index (χ1n) is 11.0. The number of rotatable bonds is 1. The van der Waals surface area contributed by atoms with Crippen LogP contribution in [0.25, 0.3) is 0 Å². The van der Waals surface area contributed by atoms with E-state index in [0.717, 1.165) is 37.2 Å². The summed E-state index contributed by atoms with van der Waals surface area (Å²) < 4.78 is 12.0. The zero-order chi connectivity index (χ0) is 18.9. The molecule has 4 fully saturated rings. The Labute approximate surface area is 168 Å². The van der Waals surface area contributed by atoms with Crippen LogP contribution in [0.2, 0.25) is 0 Å². The van der Waals surface area contributed by atoms with Crippen molar-refractivity contribution in [2.75, 3.05) is 12.4 Å². The van der Waals surface area contributed by atoms with Gasteiger partial charge in [0.25, 0.3) is 0 Å². The van der Waals surface area contributed by atoms with Crippen molar-refractivity contribution < 1.29 is 14.3 Å². The maximum absolute atomic E-state index is 11.4. The summed E-state index contributed by atoms with van der Waals surface area (Å²) in [6.07, 6.45) is 12.3. The summed E-state index contributed by atoms with van der Waals surface area (Å²) in [5.74, 6) is 3.47. The molecule has 3 nitrogen and oxygen atoms in total. The molecule has 0 amide bonds. The van der Waals surface area contributed by atoms with Gasteiger partial charge < -0.3 is 9.47 Å². The summed E-state index contributed by atoms with van der Waals surface area (Å²) in [5, 5.41) is 0. The molecule has 4 aliphatic carbocycles. The smallest absolute Gasteiger partial charge is 0.302 e. The van der Waals surface area contributed by atoms with Crippen LogP contribution in [0.1, 0.15) is 72.1 Å². The predicted octanol–water partition coefficient (Wildman–Crippen LogP) is 5.34. The van der Waals surface area contributed by atoms with Gasteiger partial charge in [0.1, 0.15) is 11.0 Å². The summed E-state index contributed by atoms with van der Waals surface area (Å²) in [6, 6.07) is 0. The number of ether oxygens (including phenoxy) is 2. The van der Waals surface area contributed by atoms with Crippen LogP contribution < -0.4 is 0 Å². The topological polar surface area (TPSA) is 35.5 Å². The van der Waals surface area contributed by atoms with Crippen LogP contribution in [0.3, 0.4) is 0 Å². The second kappa shape index (κ2) is 6.26. The molecule has 7 unspecified atom stereocenters. The number of carbonyl (C=O) groups excluding carboxylic acids is 1. The van der Waals surface area contributed by atoms with E-state index in [1.165, 1.54) is 44.3 Å². The molecule has 1 saturated heterocycles. The van der Waals surface area contributed by atoms with Gasteiger partial charge in [-0.05, 0) is 68.1 Å². The van der Waals surface area contributed by atoms with Crippen molar-refractivity contribution in [3.8, 4) is 0 Å². The molecule has 5 aliphatic rings. The predicted molar refractivity (Wildman–Crippen MR) is 108 cm³/mol. The van der Waals surface area contributed by atoms with Crippen molar-refractivity contribution >= 4 is 17.7 Å². The third-order valence-corrected chi connectivity index (χ3v) is 10.8. The first-order chi connectivity index (χ1) is 12.9. The lowest BCUT2D eigenvalue weighted by Gasteiger charge is -2.59. The number of esters is 1. The second-order valence-electron chi connectivity index (χ2n) is 10.2. The zero-order valence-electron chi connectivity index (χ0n) is 17.1. The second-order valence-corrected chi connectivity index (χ2v) is 11.5. The van der Waals surface area contributed by atoms with Crippen molar-refractivity contribution in [2.24, 2.45) is 28.6 Å². The fourth-order valence-corrected chi connectivity index (χ4v) is 9.36. The van der Waals surface area contributed by atoms with E-state index in [2.05, 4.69) is 31.7 Å². The van der Waals surface area contributed by atoms with Crippen molar-refractivity contribution in [1.29, 1.82) is 0 Å². The van der Waals surface area contributed by atoms with Gasteiger partial charge in [0.2, 0.25) is 0 Å². The Bertz CT molecular complexity index is 667. The standard InChI is InChI=1S/C23H34O3S/c1-15(24)26-17-6-9-21(2)16(14-17)4-5-18-19(21)7-10-22(3)20(18)8-11-23(22)25-12-13-27-23/h4,17-20H,5-14H2,1-3H3. The Kier molecular flexibility index (Phi) is 4.30. The van der Waals surface area contributed by atoms with Crippen molar-refractivity contribution in [3.05, 3.63) is 11.6 Å². The van der Waals surface area contributed by atoms with Crippen LogP contribution in [0, 0.1) is 28.6 Å². The molecule has 0 aromatic carbocycles. The average molecular weight is 391 g/mol. The SMILES string of the molecule is CC(=O)OC1CCC2(C)C(=CCC3C2CCC2(C)C3CCC23OCCS3)C1. The van der Waals surface area contributed by atoms with Gasteiger partial charge >= 0.3 is 5.97 Å². The van der Waals surface area contributed by atoms with E-state index in [1.807, 2.05) is 0 Å². The van der Waals surface area contributed by atoms with Gasteiger partial charge in [-0.15, -0.1) is 11.8 Å². The molecular formula is C23H34O3S. The molecule has 5 rings (SSSR count). The third-order valence-electron chi connectivity index (χ3n) is 9.19. The van der Waals surface area contributed by atoms with Gasteiger partial charge in [0.05, 0.1) is 6.61 Å². The molecule has 1 aliphatic heterocycles. The first kappa shape index (κ1) is 18.5. The lowest BCUT2D eigenvalue weighted by Crippen LogP contribution is -2.53. The summed E-state index contributed by atoms with van der Waals surface area (Å²) in [7, 11) is 0. The van der Waals surface area contributed by atoms with Crippen LogP contribution in [0.15, 0.2) is 11.6 Å². The van der Waals surface area contributed by atoms with Gasteiger partial charge in [-0.25, -0.2) is 0 Å². The fourth-order valence-electron chi connectivity index (χ4n) is 7.85.